The van der Waals surface area contributed by atoms with Gasteiger partial charge in [-0.3, -0.25) is 0 Å². The molecule has 0 unspecified atom stereocenters. The van der Waals surface area contributed by atoms with E-state index in [2.05, 4.69) is 15.1 Å². The summed E-state index contributed by atoms with van der Waals surface area (Å²) in [4.78, 5) is 9.02. The summed E-state index contributed by atoms with van der Waals surface area (Å²) in [5.74, 6) is 0.660. The lowest BCUT2D eigenvalue weighted by Crippen LogP contribution is -1.94. The SMILES string of the molecule is Cc1ccccc1-c1nc2c3ccccc3nc(Cl)n2n1. The normalized spacial score (nSPS) is 11.3. The van der Waals surface area contributed by atoms with Crippen molar-refractivity contribution >= 4 is 28.2 Å². The first kappa shape index (κ1) is 12.3. The first-order valence-electron chi connectivity index (χ1n) is 6.61. The van der Waals surface area contributed by atoms with Crippen LogP contribution in [0, 0.1) is 6.92 Å². The smallest absolute Gasteiger partial charge is 0.218 e. The molecule has 2 heterocycles. The van der Waals surface area contributed by atoms with Crippen molar-refractivity contribution in [2.45, 2.75) is 6.92 Å². The maximum absolute atomic E-state index is 6.23. The summed E-state index contributed by atoms with van der Waals surface area (Å²) in [6, 6.07) is 15.8. The fraction of sp³-hybridized carbons (Fsp3) is 0.0625. The molecule has 102 valence electrons. The van der Waals surface area contributed by atoms with E-state index in [0.717, 1.165) is 27.7 Å². The van der Waals surface area contributed by atoms with Gasteiger partial charge >= 0.3 is 0 Å². The van der Waals surface area contributed by atoms with Crippen LogP contribution in [0.4, 0.5) is 0 Å². The van der Waals surface area contributed by atoms with E-state index in [-0.39, 0.29) is 0 Å². The van der Waals surface area contributed by atoms with Gasteiger partial charge in [0.15, 0.2) is 11.5 Å². The second kappa shape index (κ2) is 4.53. The Balaban J connectivity index is 2.09. The Labute approximate surface area is 126 Å². The predicted molar refractivity (Wildman–Crippen MR) is 83.5 cm³/mol. The number of halogens is 1. The molecule has 4 aromatic rings. The van der Waals surface area contributed by atoms with Crippen molar-refractivity contribution in [3.8, 4) is 11.4 Å². The predicted octanol–water partition coefficient (Wildman–Crippen LogP) is 3.91. The summed E-state index contributed by atoms with van der Waals surface area (Å²) in [6.07, 6.45) is 0. The van der Waals surface area contributed by atoms with Gasteiger partial charge in [0.05, 0.1) is 5.52 Å². The van der Waals surface area contributed by atoms with Gasteiger partial charge in [0.1, 0.15) is 0 Å². The Kier molecular flexibility index (Phi) is 2.65. The van der Waals surface area contributed by atoms with Crippen LogP contribution >= 0.6 is 11.6 Å². The number of aromatic nitrogens is 4. The van der Waals surface area contributed by atoms with Crippen molar-refractivity contribution in [1.29, 1.82) is 0 Å². The van der Waals surface area contributed by atoms with Crippen molar-refractivity contribution < 1.29 is 0 Å². The van der Waals surface area contributed by atoms with Crippen molar-refractivity contribution in [3.63, 3.8) is 0 Å². The average Bonchev–Trinajstić information content (AvgIpc) is 2.94. The van der Waals surface area contributed by atoms with E-state index in [1.54, 1.807) is 4.52 Å². The van der Waals surface area contributed by atoms with E-state index in [1.807, 2.05) is 55.5 Å². The molecule has 0 N–H and O–H groups in total. The van der Waals surface area contributed by atoms with Gasteiger partial charge in [-0.2, -0.15) is 4.52 Å². The molecule has 0 bridgehead atoms. The Morgan fingerprint density at radius 3 is 2.57 bits per heavy atom. The highest BCUT2D eigenvalue weighted by Gasteiger charge is 2.13. The topological polar surface area (TPSA) is 43.1 Å². The Hall–Kier alpha value is -2.46. The number of fused-ring (bicyclic) bond motifs is 3. The van der Waals surface area contributed by atoms with Crippen LogP contribution in [0.5, 0.6) is 0 Å². The molecule has 0 aliphatic rings. The summed E-state index contributed by atoms with van der Waals surface area (Å²) in [5, 5.41) is 5.76. The molecule has 2 aromatic carbocycles. The number of rotatable bonds is 1. The molecule has 0 atom stereocenters. The van der Waals surface area contributed by atoms with Gasteiger partial charge in [-0.25, -0.2) is 9.97 Å². The maximum atomic E-state index is 6.23. The molecule has 0 fully saturated rings. The number of hydrogen-bond acceptors (Lipinski definition) is 3. The Morgan fingerprint density at radius 1 is 0.952 bits per heavy atom. The molecular weight excluding hydrogens is 284 g/mol. The number of aryl methyl sites for hydroxylation is 1. The molecule has 0 spiro atoms. The monoisotopic (exact) mass is 294 g/mol. The molecule has 0 saturated carbocycles. The van der Waals surface area contributed by atoms with E-state index in [1.165, 1.54) is 0 Å². The Morgan fingerprint density at radius 2 is 1.71 bits per heavy atom. The third-order valence-electron chi connectivity index (χ3n) is 3.53. The number of para-hydroxylation sites is 1. The lowest BCUT2D eigenvalue weighted by molar-refractivity contribution is 0.938. The number of benzene rings is 2. The molecule has 0 saturated heterocycles. The van der Waals surface area contributed by atoms with E-state index in [0.29, 0.717) is 11.1 Å². The van der Waals surface area contributed by atoms with Gasteiger partial charge < -0.3 is 0 Å². The minimum Gasteiger partial charge on any atom is -0.218 e. The third kappa shape index (κ3) is 1.87. The highest BCUT2D eigenvalue weighted by atomic mass is 35.5. The van der Waals surface area contributed by atoms with Crippen molar-refractivity contribution in [3.05, 3.63) is 59.4 Å². The van der Waals surface area contributed by atoms with E-state index in [9.17, 15) is 0 Å². The van der Waals surface area contributed by atoms with Gasteiger partial charge in [0.25, 0.3) is 0 Å². The first-order valence-corrected chi connectivity index (χ1v) is 6.99. The molecular formula is C16H11ClN4. The fourth-order valence-electron chi connectivity index (χ4n) is 2.46. The van der Waals surface area contributed by atoms with Crippen LogP contribution in [-0.4, -0.2) is 19.6 Å². The Bertz CT molecular complexity index is 975. The maximum Gasteiger partial charge on any atom is 0.226 e. The minimum absolute atomic E-state index is 0.316. The van der Waals surface area contributed by atoms with Gasteiger partial charge in [-0.05, 0) is 36.2 Å². The second-order valence-electron chi connectivity index (χ2n) is 4.88. The molecule has 21 heavy (non-hydrogen) atoms. The molecule has 0 amide bonds. The molecule has 5 heteroatoms. The zero-order chi connectivity index (χ0) is 14.4. The van der Waals surface area contributed by atoms with Crippen LogP contribution in [0.3, 0.4) is 0 Å². The van der Waals surface area contributed by atoms with E-state index in [4.69, 9.17) is 11.6 Å². The molecule has 0 aliphatic heterocycles. The lowest BCUT2D eigenvalue weighted by Gasteiger charge is -1.99. The van der Waals surface area contributed by atoms with Crippen molar-refractivity contribution in [2.75, 3.05) is 0 Å². The zero-order valence-corrected chi connectivity index (χ0v) is 12.0. The molecule has 0 radical (unpaired) electrons. The summed E-state index contributed by atoms with van der Waals surface area (Å²) >= 11 is 6.23. The van der Waals surface area contributed by atoms with Crippen LogP contribution in [0.15, 0.2) is 48.5 Å². The second-order valence-corrected chi connectivity index (χ2v) is 5.22. The van der Waals surface area contributed by atoms with Gasteiger partial charge in [0.2, 0.25) is 5.28 Å². The molecule has 4 rings (SSSR count). The van der Waals surface area contributed by atoms with Crippen LogP contribution < -0.4 is 0 Å². The summed E-state index contributed by atoms with van der Waals surface area (Å²) < 4.78 is 1.59. The van der Waals surface area contributed by atoms with Crippen LogP contribution in [0.25, 0.3) is 27.9 Å². The standard InChI is InChI=1S/C16H11ClN4/c1-10-6-2-3-7-11(10)14-19-15-12-8-4-5-9-13(12)18-16(17)21(15)20-14/h2-9H,1H3. The summed E-state index contributed by atoms with van der Waals surface area (Å²) in [6.45, 7) is 2.04. The van der Waals surface area contributed by atoms with E-state index < -0.39 is 0 Å². The molecule has 2 aromatic heterocycles. The largest absolute Gasteiger partial charge is 0.226 e. The molecule has 0 aliphatic carbocycles. The quantitative estimate of drug-likeness (QED) is 0.500. The zero-order valence-electron chi connectivity index (χ0n) is 11.3. The van der Waals surface area contributed by atoms with Gasteiger partial charge in [0, 0.05) is 10.9 Å². The lowest BCUT2D eigenvalue weighted by atomic mass is 10.1. The highest BCUT2D eigenvalue weighted by molar-refractivity contribution is 6.29. The fourth-order valence-corrected chi connectivity index (χ4v) is 2.67. The van der Waals surface area contributed by atoms with Crippen LogP contribution in [0.1, 0.15) is 5.56 Å². The van der Waals surface area contributed by atoms with Gasteiger partial charge in [-0.15, -0.1) is 5.10 Å². The van der Waals surface area contributed by atoms with Crippen molar-refractivity contribution in [1.82, 2.24) is 19.6 Å². The van der Waals surface area contributed by atoms with Crippen molar-refractivity contribution in [2.24, 2.45) is 0 Å². The number of hydrogen-bond donors (Lipinski definition) is 0. The van der Waals surface area contributed by atoms with Crippen LogP contribution in [-0.2, 0) is 0 Å². The highest BCUT2D eigenvalue weighted by Crippen LogP contribution is 2.25. The van der Waals surface area contributed by atoms with Gasteiger partial charge in [-0.1, -0.05) is 36.4 Å². The third-order valence-corrected chi connectivity index (χ3v) is 3.77. The van der Waals surface area contributed by atoms with E-state index >= 15 is 0 Å². The van der Waals surface area contributed by atoms with Crippen LogP contribution in [0.2, 0.25) is 5.28 Å². The minimum atomic E-state index is 0.316. The summed E-state index contributed by atoms with van der Waals surface area (Å²) in [5.41, 5.74) is 3.67. The number of nitrogens with zero attached hydrogens (tertiary/aromatic N) is 4. The summed E-state index contributed by atoms with van der Waals surface area (Å²) in [7, 11) is 0. The molecule has 4 nitrogen and oxygen atoms in total. The first-order chi connectivity index (χ1) is 10.2. The average molecular weight is 295 g/mol.